The molecule has 0 atom stereocenters. The number of hydrogen-bond acceptors (Lipinski definition) is 2. The Hall–Kier alpha value is -3.24. The van der Waals surface area contributed by atoms with Gasteiger partial charge in [-0.2, -0.15) is 8.42 Å². The van der Waals surface area contributed by atoms with E-state index in [-0.39, 0.29) is 4.90 Å². The maximum Gasteiger partial charge on any atom is 0.332 e. The van der Waals surface area contributed by atoms with E-state index in [0.717, 1.165) is 16.7 Å². The largest absolute Gasteiger partial charge is 0.332 e. The van der Waals surface area contributed by atoms with Gasteiger partial charge in [-0.1, -0.05) is 109 Å². The maximum atomic E-state index is 14.7. The molecule has 0 saturated carbocycles. The van der Waals surface area contributed by atoms with E-state index in [4.69, 9.17) is 0 Å². The highest BCUT2D eigenvalue weighted by atomic mass is 32.3. The Balaban J connectivity index is 2.26. The van der Waals surface area contributed by atoms with Crippen LogP contribution in [0.4, 0.5) is 3.89 Å². The molecule has 0 aromatic heterocycles. The standard InChI is InChI=1S/C26H21FO2S/c1-20-12-11-19-24(25(20)30(27,28)29)26(21-13-5-2-6-14-21,22-15-7-3-8-16-22)23-17-9-4-10-18-23/h2-19H,1H3. The summed E-state index contributed by atoms with van der Waals surface area (Å²) in [5.74, 6) is 0. The van der Waals surface area contributed by atoms with Crippen LogP contribution in [0, 0.1) is 6.92 Å². The molecular formula is C26H21FO2S. The fraction of sp³-hybridized carbons (Fsp3) is 0.0769. The number of halogens is 1. The van der Waals surface area contributed by atoms with E-state index in [1.807, 2.05) is 91.0 Å². The number of benzene rings is 4. The van der Waals surface area contributed by atoms with E-state index in [1.54, 1.807) is 25.1 Å². The average molecular weight is 417 g/mol. The zero-order valence-corrected chi connectivity index (χ0v) is 17.3. The van der Waals surface area contributed by atoms with Crippen LogP contribution < -0.4 is 0 Å². The van der Waals surface area contributed by atoms with Crippen molar-refractivity contribution in [2.45, 2.75) is 17.2 Å². The molecular weight excluding hydrogens is 395 g/mol. The molecule has 150 valence electrons. The second-order valence-electron chi connectivity index (χ2n) is 7.24. The van der Waals surface area contributed by atoms with Gasteiger partial charge in [0.05, 0.1) is 5.41 Å². The van der Waals surface area contributed by atoms with Crippen molar-refractivity contribution in [1.82, 2.24) is 0 Å². The van der Waals surface area contributed by atoms with E-state index in [1.165, 1.54) is 0 Å². The van der Waals surface area contributed by atoms with Crippen LogP contribution in [0.5, 0.6) is 0 Å². The van der Waals surface area contributed by atoms with Crippen LogP contribution >= 0.6 is 0 Å². The molecule has 0 saturated heterocycles. The van der Waals surface area contributed by atoms with Crippen LogP contribution in [-0.2, 0) is 15.6 Å². The molecule has 4 aromatic rings. The molecule has 30 heavy (non-hydrogen) atoms. The van der Waals surface area contributed by atoms with Crippen molar-refractivity contribution in [3.05, 3.63) is 137 Å². The fourth-order valence-corrected chi connectivity index (χ4v) is 5.24. The van der Waals surface area contributed by atoms with Crippen LogP contribution in [-0.4, -0.2) is 8.42 Å². The Morgan fingerprint density at radius 2 is 1.00 bits per heavy atom. The average Bonchev–Trinajstić information content (AvgIpc) is 2.76. The summed E-state index contributed by atoms with van der Waals surface area (Å²) in [5.41, 5.74) is 2.34. The van der Waals surface area contributed by atoms with E-state index >= 15 is 0 Å². The highest BCUT2D eigenvalue weighted by molar-refractivity contribution is 7.86. The summed E-state index contributed by atoms with van der Waals surface area (Å²) in [7, 11) is -4.97. The lowest BCUT2D eigenvalue weighted by atomic mass is 9.65. The van der Waals surface area contributed by atoms with Crippen molar-refractivity contribution >= 4 is 10.2 Å². The number of aryl methyl sites for hydroxylation is 1. The summed E-state index contributed by atoms with van der Waals surface area (Å²) in [6.07, 6.45) is 0. The van der Waals surface area contributed by atoms with Crippen molar-refractivity contribution in [1.29, 1.82) is 0 Å². The summed E-state index contributed by atoms with van der Waals surface area (Å²) in [6.45, 7) is 1.63. The van der Waals surface area contributed by atoms with Gasteiger partial charge < -0.3 is 0 Å². The molecule has 0 radical (unpaired) electrons. The lowest BCUT2D eigenvalue weighted by Gasteiger charge is -2.37. The van der Waals surface area contributed by atoms with Gasteiger partial charge in [0.2, 0.25) is 0 Å². The molecule has 4 heteroatoms. The van der Waals surface area contributed by atoms with E-state index in [0.29, 0.717) is 11.1 Å². The minimum Gasteiger partial charge on any atom is -0.189 e. The molecule has 4 aromatic carbocycles. The topological polar surface area (TPSA) is 34.1 Å². The van der Waals surface area contributed by atoms with Gasteiger partial charge in [-0.15, -0.1) is 3.89 Å². The van der Waals surface area contributed by atoms with Gasteiger partial charge in [-0.25, -0.2) is 0 Å². The minimum absolute atomic E-state index is 0.276. The lowest BCUT2D eigenvalue weighted by Crippen LogP contribution is -2.32. The van der Waals surface area contributed by atoms with Gasteiger partial charge in [-0.3, -0.25) is 0 Å². The molecule has 0 N–H and O–H groups in total. The van der Waals surface area contributed by atoms with E-state index < -0.39 is 15.6 Å². The molecule has 0 bridgehead atoms. The van der Waals surface area contributed by atoms with Crippen molar-refractivity contribution < 1.29 is 12.3 Å². The normalized spacial score (nSPS) is 11.9. The lowest BCUT2D eigenvalue weighted by molar-refractivity contribution is 0.547. The second-order valence-corrected chi connectivity index (χ2v) is 8.52. The van der Waals surface area contributed by atoms with Crippen molar-refractivity contribution in [3.63, 3.8) is 0 Å². The predicted molar refractivity (Wildman–Crippen MR) is 118 cm³/mol. The highest BCUT2D eigenvalue weighted by Crippen LogP contribution is 2.47. The molecule has 0 spiro atoms. The van der Waals surface area contributed by atoms with Gasteiger partial charge in [0.25, 0.3) is 0 Å². The van der Waals surface area contributed by atoms with Crippen LogP contribution in [0.15, 0.2) is 114 Å². The monoisotopic (exact) mass is 416 g/mol. The van der Waals surface area contributed by atoms with Crippen molar-refractivity contribution in [2.24, 2.45) is 0 Å². The van der Waals surface area contributed by atoms with Crippen LogP contribution in [0.25, 0.3) is 0 Å². The summed E-state index contributed by atoms with van der Waals surface area (Å²) in [6, 6.07) is 34.1. The molecule has 4 rings (SSSR count). The molecule has 0 aliphatic heterocycles. The molecule has 0 heterocycles. The first-order valence-electron chi connectivity index (χ1n) is 9.67. The maximum absolute atomic E-state index is 14.7. The van der Waals surface area contributed by atoms with E-state index in [9.17, 15) is 12.3 Å². The number of rotatable bonds is 5. The van der Waals surface area contributed by atoms with Crippen LogP contribution in [0.3, 0.4) is 0 Å². The van der Waals surface area contributed by atoms with Crippen LogP contribution in [0.2, 0.25) is 0 Å². The molecule has 0 aliphatic carbocycles. The number of hydrogen-bond donors (Lipinski definition) is 0. The minimum atomic E-state index is -4.97. The smallest absolute Gasteiger partial charge is 0.189 e. The first-order chi connectivity index (χ1) is 14.5. The van der Waals surface area contributed by atoms with Crippen molar-refractivity contribution in [3.8, 4) is 0 Å². The Morgan fingerprint density at radius 3 is 1.37 bits per heavy atom. The second kappa shape index (κ2) is 7.88. The van der Waals surface area contributed by atoms with Gasteiger partial charge in [0.1, 0.15) is 4.90 Å². The first-order valence-corrected chi connectivity index (χ1v) is 11.1. The Kier molecular flexibility index (Phi) is 5.27. The molecule has 0 fully saturated rings. The van der Waals surface area contributed by atoms with E-state index in [2.05, 4.69) is 0 Å². The third-order valence-electron chi connectivity index (χ3n) is 5.48. The zero-order chi connectivity index (χ0) is 21.2. The molecule has 0 amide bonds. The Bertz CT molecular complexity index is 1160. The third-order valence-corrected chi connectivity index (χ3v) is 6.51. The zero-order valence-electron chi connectivity index (χ0n) is 16.5. The summed E-state index contributed by atoms with van der Waals surface area (Å²) in [4.78, 5) is -0.276. The fourth-order valence-electron chi connectivity index (χ4n) is 4.30. The third kappa shape index (κ3) is 3.33. The van der Waals surface area contributed by atoms with Crippen molar-refractivity contribution in [2.75, 3.05) is 0 Å². The summed E-state index contributed by atoms with van der Waals surface area (Å²) < 4.78 is 39.4. The SMILES string of the molecule is Cc1cccc(C(c2ccccc2)(c2ccccc2)c2ccccc2)c1S(=O)(=O)F. The van der Waals surface area contributed by atoms with Gasteiger partial charge in [0.15, 0.2) is 0 Å². The molecule has 0 unspecified atom stereocenters. The van der Waals surface area contributed by atoms with Gasteiger partial charge in [0, 0.05) is 0 Å². The van der Waals surface area contributed by atoms with Gasteiger partial charge >= 0.3 is 10.2 Å². The quantitative estimate of drug-likeness (QED) is 0.294. The first kappa shape index (κ1) is 20.0. The summed E-state index contributed by atoms with van der Waals surface area (Å²) >= 11 is 0. The Labute approximate surface area is 176 Å². The predicted octanol–water partition coefficient (Wildman–Crippen LogP) is 6.04. The molecule has 0 aliphatic rings. The molecule has 2 nitrogen and oxygen atoms in total. The summed E-state index contributed by atoms with van der Waals surface area (Å²) in [5, 5.41) is 0. The van der Waals surface area contributed by atoms with Gasteiger partial charge in [-0.05, 0) is 34.7 Å². The highest BCUT2D eigenvalue weighted by Gasteiger charge is 2.42. The Morgan fingerprint density at radius 1 is 0.600 bits per heavy atom. The van der Waals surface area contributed by atoms with Crippen LogP contribution in [0.1, 0.15) is 27.8 Å².